The van der Waals surface area contributed by atoms with Crippen molar-refractivity contribution in [3.63, 3.8) is 0 Å². The number of pyridine rings is 1. The van der Waals surface area contributed by atoms with Crippen LogP contribution in [0.1, 0.15) is 35.2 Å². The summed E-state index contributed by atoms with van der Waals surface area (Å²) in [6, 6.07) is 14.3. The molecule has 13 heteroatoms. The fourth-order valence-electron chi connectivity index (χ4n) is 5.94. The standard InChI is InChI=1S/C32H30F2N6O4S/c33-32(34)5-6-39(19-32)7-8-40-9-10-44-29-15-21(1-4-26(29)31(40)41)23-14-27-28(18-37-30(27)36-17-23)22-11-20(16-35)12-24(13-22)38-45(42,43)25-2-3-25/h1,4,11-15,17-18,25,38H,2-3,5-10,19H2,(H,36,37). The zero-order chi connectivity index (χ0) is 31.3. The number of ether oxygens (including phenoxy) is 1. The number of hydrogen-bond acceptors (Lipinski definition) is 7. The molecule has 0 unspecified atom stereocenters. The van der Waals surface area contributed by atoms with Crippen LogP contribution in [-0.4, -0.2) is 84.6 Å². The summed E-state index contributed by atoms with van der Waals surface area (Å²) < 4.78 is 60.9. The van der Waals surface area contributed by atoms with Gasteiger partial charge in [0.1, 0.15) is 18.0 Å². The number of nitriles is 1. The van der Waals surface area contributed by atoms with Crippen molar-refractivity contribution in [1.29, 1.82) is 5.26 Å². The lowest BCUT2D eigenvalue weighted by molar-refractivity contribution is 0.0115. The number of anilines is 1. The molecule has 45 heavy (non-hydrogen) atoms. The van der Waals surface area contributed by atoms with Gasteiger partial charge in [0.05, 0.1) is 41.2 Å². The number of halogens is 2. The summed E-state index contributed by atoms with van der Waals surface area (Å²) in [5, 5.41) is 10.0. The first-order chi connectivity index (χ1) is 21.6. The van der Waals surface area contributed by atoms with Gasteiger partial charge in [0.2, 0.25) is 10.0 Å². The number of benzene rings is 2. The van der Waals surface area contributed by atoms with E-state index in [0.717, 1.165) is 22.1 Å². The lowest BCUT2D eigenvalue weighted by atomic mass is 9.99. The molecule has 0 spiro atoms. The van der Waals surface area contributed by atoms with Crippen molar-refractivity contribution in [2.24, 2.45) is 0 Å². The van der Waals surface area contributed by atoms with Crippen LogP contribution in [0.2, 0.25) is 0 Å². The number of aromatic amines is 1. The number of nitrogens with one attached hydrogen (secondary N) is 2. The minimum Gasteiger partial charge on any atom is -0.491 e. The highest BCUT2D eigenvalue weighted by Gasteiger charge is 2.38. The van der Waals surface area contributed by atoms with Crippen LogP contribution in [-0.2, 0) is 10.0 Å². The van der Waals surface area contributed by atoms with Gasteiger partial charge < -0.3 is 14.6 Å². The van der Waals surface area contributed by atoms with E-state index in [1.54, 1.807) is 46.5 Å². The number of fused-ring (bicyclic) bond motifs is 2. The molecule has 7 rings (SSSR count). The first kappa shape index (κ1) is 29.2. The second-order valence-electron chi connectivity index (χ2n) is 11.8. The summed E-state index contributed by atoms with van der Waals surface area (Å²) in [4.78, 5) is 24.4. The molecular weight excluding hydrogens is 602 g/mol. The highest BCUT2D eigenvalue weighted by Crippen LogP contribution is 2.36. The van der Waals surface area contributed by atoms with Gasteiger partial charge in [-0.1, -0.05) is 6.07 Å². The van der Waals surface area contributed by atoms with Crippen LogP contribution >= 0.6 is 0 Å². The van der Waals surface area contributed by atoms with Crippen LogP contribution in [0.15, 0.2) is 54.9 Å². The molecule has 2 fully saturated rings. The number of nitrogens with zero attached hydrogens (tertiary/aromatic N) is 4. The van der Waals surface area contributed by atoms with Gasteiger partial charge in [-0.3, -0.25) is 14.4 Å². The number of likely N-dealkylation sites (tertiary alicyclic amines) is 1. The Labute approximate surface area is 258 Å². The van der Waals surface area contributed by atoms with Crippen LogP contribution in [0.4, 0.5) is 14.5 Å². The van der Waals surface area contributed by atoms with Gasteiger partial charge in [0.15, 0.2) is 0 Å². The molecule has 4 heterocycles. The van der Waals surface area contributed by atoms with Crippen molar-refractivity contribution in [1.82, 2.24) is 19.8 Å². The summed E-state index contributed by atoms with van der Waals surface area (Å²) in [5.41, 5.74) is 4.62. The quantitative estimate of drug-likeness (QED) is 0.284. The Balaban J connectivity index is 1.15. The van der Waals surface area contributed by atoms with E-state index in [4.69, 9.17) is 4.74 Å². The van der Waals surface area contributed by atoms with Crippen LogP contribution in [0.25, 0.3) is 33.3 Å². The van der Waals surface area contributed by atoms with Crippen LogP contribution in [0.3, 0.4) is 0 Å². The summed E-state index contributed by atoms with van der Waals surface area (Å²) in [7, 11) is -3.51. The average molecular weight is 633 g/mol. The molecular formula is C32H30F2N6O4S. The maximum atomic E-state index is 13.6. The van der Waals surface area contributed by atoms with E-state index < -0.39 is 21.2 Å². The number of carbonyl (C=O) groups is 1. The second kappa shape index (κ2) is 11.1. The maximum absolute atomic E-state index is 13.6. The van der Waals surface area contributed by atoms with Crippen molar-refractivity contribution in [2.75, 3.05) is 44.1 Å². The number of hydrogen-bond donors (Lipinski definition) is 2. The normalized spacial score (nSPS) is 18.3. The monoisotopic (exact) mass is 632 g/mol. The van der Waals surface area contributed by atoms with Crippen LogP contribution in [0, 0.1) is 11.3 Å². The van der Waals surface area contributed by atoms with Gasteiger partial charge in [-0.2, -0.15) is 5.26 Å². The molecule has 2 aromatic carbocycles. The fourth-order valence-corrected chi connectivity index (χ4v) is 7.31. The minimum atomic E-state index is -3.51. The number of aromatic nitrogens is 2. The zero-order valence-corrected chi connectivity index (χ0v) is 25.0. The molecule has 0 bridgehead atoms. The largest absolute Gasteiger partial charge is 0.491 e. The third-order valence-electron chi connectivity index (χ3n) is 8.51. The lowest BCUT2D eigenvalue weighted by Crippen LogP contribution is -2.39. The Hall–Kier alpha value is -4.54. The van der Waals surface area contributed by atoms with Crippen molar-refractivity contribution < 1.29 is 26.7 Å². The first-order valence-electron chi connectivity index (χ1n) is 14.8. The first-order valence-corrected chi connectivity index (χ1v) is 16.3. The van der Waals surface area contributed by atoms with E-state index in [0.29, 0.717) is 72.8 Å². The lowest BCUT2D eigenvalue weighted by Gasteiger charge is -2.23. The third kappa shape index (κ3) is 5.95. The van der Waals surface area contributed by atoms with E-state index in [9.17, 15) is 27.3 Å². The molecule has 1 saturated heterocycles. The van der Waals surface area contributed by atoms with E-state index in [1.807, 2.05) is 12.1 Å². The van der Waals surface area contributed by atoms with Crippen LogP contribution < -0.4 is 9.46 Å². The molecule has 4 aromatic rings. The molecule has 1 saturated carbocycles. The predicted octanol–water partition coefficient (Wildman–Crippen LogP) is 4.85. The summed E-state index contributed by atoms with van der Waals surface area (Å²) in [6.45, 7) is 1.39. The average Bonchev–Trinajstić information content (AvgIpc) is 3.75. The summed E-state index contributed by atoms with van der Waals surface area (Å²) >= 11 is 0. The molecule has 0 radical (unpaired) electrons. The Kier molecular flexibility index (Phi) is 7.21. The fraction of sp³-hybridized carbons (Fsp3) is 0.344. The minimum absolute atomic E-state index is 0.157. The highest BCUT2D eigenvalue weighted by atomic mass is 32.2. The number of amides is 1. The molecule has 3 aliphatic rings. The molecule has 2 aromatic heterocycles. The van der Waals surface area contributed by atoms with Crippen molar-refractivity contribution in [2.45, 2.75) is 30.4 Å². The number of rotatable bonds is 8. The van der Waals surface area contributed by atoms with Crippen molar-refractivity contribution in [3.05, 3.63) is 66.0 Å². The summed E-state index contributed by atoms with van der Waals surface area (Å²) in [5.74, 6) is -2.43. The van der Waals surface area contributed by atoms with Gasteiger partial charge in [-0.05, 0) is 60.4 Å². The number of H-pyrrole nitrogens is 1. The van der Waals surface area contributed by atoms with Gasteiger partial charge >= 0.3 is 0 Å². The molecule has 10 nitrogen and oxygen atoms in total. The highest BCUT2D eigenvalue weighted by molar-refractivity contribution is 7.93. The van der Waals surface area contributed by atoms with E-state index >= 15 is 0 Å². The Morgan fingerprint density at radius 3 is 2.67 bits per heavy atom. The predicted molar refractivity (Wildman–Crippen MR) is 165 cm³/mol. The molecule has 232 valence electrons. The van der Waals surface area contributed by atoms with Gasteiger partial charge in [-0.15, -0.1) is 0 Å². The van der Waals surface area contributed by atoms with E-state index in [1.165, 1.54) is 6.07 Å². The number of carbonyl (C=O) groups excluding carboxylic acids is 1. The SMILES string of the molecule is N#Cc1cc(NS(=O)(=O)C2CC2)cc(-c2c[nH]c3ncc(-c4ccc5c(c4)OCCN(CCN4CCC(F)(F)C4)C5=O)cc23)c1. The molecule has 1 amide bonds. The van der Waals surface area contributed by atoms with E-state index in [-0.39, 0.29) is 25.5 Å². The van der Waals surface area contributed by atoms with Crippen molar-refractivity contribution >= 4 is 32.7 Å². The number of sulfonamides is 1. The molecule has 0 atom stereocenters. The smallest absolute Gasteiger partial charge is 0.261 e. The Morgan fingerprint density at radius 2 is 1.91 bits per heavy atom. The van der Waals surface area contributed by atoms with Gasteiger partial charge in [-0.25, -0.2) is 22.2 Å². The van der Waals surface area contributed by atoms with Gasteiger partial charge in [0, 0.05) is 55.0 Å². The summed E-state index contributed by atoms with van der Waals surface area (Å²) in [6.07, 6.45) is 4.57. The maximum Gasteiger partial charge on any atom is 0.261 e. The van der Waals surface area contributed by atoms with E-state index in [2.05, 4.69) is 20.8 Å². The van der Waals surface area contributed by atoms with Crippen molar-refractivity contribution in [3.8, 4) is 34.1 Å². The van der Waals surface area contributed by atoms with Gasteiger partial charge in [0.25, 0.3) is 11.8 Å². The molecule has 2 aliphatic heterocycles. The van der Waals surface area contributed by atoms with Crippen LogP contribution in [0.5, 0.6) is 5.75 Å². The number of alkyl halides is 2. The second-order valence-corrected chi connectivity index (χ2v) is 13.8. The Bertz CT molecular complexity index is 1970. The Morgan fingerprint density at radius 1 is 1.07 bits per heavy atom. The third-order valence-corrected chi connectivity index (χ3v) is 10.4. The topological polar surface area (TPSA) is 131 Å². The molecule has 2 N–H and O–H groups in total. The molecule has 1 aliphatic carbocycles. The zero-order valence-electron chi connectivity index (χ0n) is 24.2.